The van der Waals surface area contributed by atoms with Crippen LogP contribution in [0.4, 0.5) is 0 Å². The van der Waals surface area contributed by atoms with Crippen LogP contribution in [-0.4, -0.2) is 34.5 Å². The first kappa shape index (κ1) is 20.4. The summed E-state index contributed by atoms with van der Waals surface area (Å²) in [6.07, 6.45) is 3.83. The molecule has 5 nitrogen and oxygen atoms in total. The molecular formula is C18H26ClNO4S. The summed E-state index contributed by atoms with van der Waals surface area (Å²) in [4.78, 5) is 0. The van der Waals surface area contributed by atoms with Crippen LogP contribution in [0.5, 0.6) is 0 Å². The van der Waals surface area contributed by atoms with Gasteiger partial charge in [-0.15, -0.1) is 0 Å². The summed E-state index contributed by atoms with van der Waals surface area (Å²) < 4.78 is 37.9. The number of benzene rings is 1. The van der Waals surface area contributed by atoms with Gasteiger partial charge >= 0.3 is 0 Å². The molecule has 25 heavy (non-hydrogen) atoms. The lowest BCUT2D eigenvalue weighted by molar-refractivity contribution is -0.131. The highest BCUT2D eigenvalue weighted by Crippen LogP contribution is 2.35. The van der Waals surface area contributed by atoms with Crippen molar-refractivity contribution in [2.45, 2.75) is 39.4 Å². The van der Waals surface area contributed by atoms with Crippen molar-refractivity contribution in [1.29, 1.82) is 0 Å². The van der Waals surface area contributed by atoms with E-state index in [4.69, 9.17) is 21.1 Å². The standard InChI is InChI=1S/C18H26ClNO4S/c1-3-18(2,17-23-12-13-24-17)10-4-11-20-25(21,22)14-9-15-5-7-16(19)8-6-15/h5-9,14,17,20H,3-4,10-13H2,1-2H3/b14-9+. The first-order valence-electron chi connectivity index (χ1n) is 8.51. The lowest BCUT2D eigenvalue weighted by Crippen LogP contribution is -2.34. The molecule has 1 unspecified atom stereocenters. The van der Waals surface area contributed by atoms with E-state index < -0.39 is 10.0 Å². The smallest absolute Gasteiger partial charge is 0.233 e. The number of nitrogens with one attached hydrogen (secondary N) is 1. The minimum absolute atomic E-state index is 0.0961. The van der Waals surface area contributed by atoms with Crippen LogP contribution in [0, 0.1) is 5.41 Å². The van der Waals surface area contributed by atoms with Crippen LogP contribution < -0.4 is 4.72 Å². The third-order valence-corrected chi connectivity index (χ3v) is 5.89. The van der Waals surface area contributed by atoms with E-state index in [0.717, 1.165) is 24.8 Å². The summed E-state index contributed by atoms with van der Waals surface area (Å²) in [5.74, 6) is 0. The van der Waals surface area contributed by atoms with Gasteiger partial charge in [0.2, 0.25) is 10.0 Å². The zero-order valence-electron chi connectivity index (χ0n) is 14.7. The lowest BCUT2D eigenvalue weighted by atomic mass is 9.82. The van der Waals surface area contributed by atoms with E-state index in [0.29, 0.717) is 24.8 Å². The van der Waals surface area contributed by atoms with Crippen LogP contribution in [0.2, 0.25) is 5.02 Å². The Morgan fingerprint density at radius 3 is 2.52 bits per heavy atom. The van der Waals surface area contributed by atoms with Crippen molar-refractivity contribution in [2.75, 3.05) is 19.8 Å². The molecule has 7 heteroatoms. The topological polar surface area (TPSA) is 64.6 Å². The Balaban J connectivity index is 1.80. The van der Waals surface area contributed by atoms with Crippen LogP contribution in [0.1, 0.15) is 38.7 Å². The molecule has 0 spiro atoms. The van der Waals surface area contributed by atoms with E-state index in [-0.39, 0.29) is 11.7 Å². The van der Waals surface area contributed by atoms with Crippen LogP contribution >= 0.6 is 11.6 Å². The van der Waals surface area contributed by atoms with Crippen LogP contribution in [-0.2, 0) is 19.5 Å². The van der Waals surface area contributed by atoms with E-state index in [1.54, 1.807) is 30.3 Å². The fourth-order valence-corrected chi connectivity index (χ4v) is 3.71. The average molecular weight is 388 g/mol. The second-order valence-electron chi connectivity index (χ2n) is 6.48. The number of hydrogen-bond acceptors (Lipinski definition) is 4. The van der Waals surface area contributed by atoms with Crippen molar-refractivity contribution < 1.29 is 17.9 Å². The molecule has 0 saturated carbocycles. The Hall–Kier alpha value is -0.920. The molecule has 1 saturated heterocycles. The van der Waals surface area contributed by atoms with Gasteiger partial charge in [0.05, 0.1) is 13.2 Å². The maximum absolute atomic E-state index is 12.0. The van der Waals surface area contributed by atoms with Gasteiger partial charge in [-0.2, -0.15) is 0 Å². The van der Waals surface area contributed by atoms with Crippen molar-refractivity contribution in [3.05, 3.63) is 40.3 Å². The van der Waals surface area contributed by atoms with Crippen LogP contribution in [0.25, 0.3) is 6.08 Å². The average Bonchev–Trinajstić information content (AvgIpc) is 3.13. The summed E-state index contributed by atoms with van der Waals surface area (Å²) in [6, 6.07) is 6.98. The van der Waals surface area contributed by atoms with Gasteiger partial charge in [-0.05, 0) is 43.0 Å². The predicted molar refractivity (Wildman–Crippen MR) is 101 cm³/mol. The number of halogens is 1. The minimum Gasteiger partial charge on any atom is -0.350 e. The van der Waals surface area contributed by atoms with Crippen molar-refractivity contribution in [3.63, 3.8) is 0 Å². The van der Waals surface area contributed by atoms with Gasteiger partial charge < -0.3 is 9.47 Å². The summed E-state index contributed by atoms with van der Waals surface area (Å²) >= 11 is 5.81. The monoisotopic (exact) mass is 387 g/mol. The maximum Gasteiger partial charge on any atom is 0.233 e. The Labute approximate surface area is 155 Å². The highest BCUT2D eigenvalue weighted by molar-refractivity contribution is 7.92. The first-order chi connectivity index (χ1) is 11.8. The van der Waals surface area contributed by atoms with Crippen molar-refractivity contribution in [2.24, 2.45) is 5.41 Å². The van der Waals surface area contributed by atoms with E-state index in [1.807, 2.05) is 0 Å². The summed E-state index contributed by atoms with van der Waals surface area (Å²) in [7, 11) is -3.46. The highest BCUT2D eigenvalue weighted by Gasteiger charge is 2.36. The van der Waals surface area contributed by atoms with Crippen LogP contribution in [0.15, 0.2) is 29.7 Å². The fourth-order valence-electron chi connectivity index (χ4n) is 2.72. The predicted octanol–water partition coefficient (Wildman–Crippen LogP) is 3.80. The molecule has 1 aromatic carbocycles. The number of hydrogen-bond donors (Lipinski definition) is 1. The van der Waals surface area contributed by atoms with Gasteiger partial charge in [0.15, 0.2) is 6.29 Å². The van der Waals surface area contributed by atoms with Gasteiger partial charge in [-0.1, -0.05) is 37.6 Å². The summed E-state index contributed by atoms with van der Waals surface area (Å²) in [5.41, 5.74) is 0.685. The summed E-state index contributed by atoms with van der Waals surface area (Å²) in [5, 5.41) is 1.80. The maximum atomic E-state index is 12.0. The lowest BCUT2D eigenvalue weighted by Gasteiger charge is -2.32. The molecule has 0 bridgehead atoms. The van der Waals surface area contributed by atoms with E-state index in [2.05, 4.69) is 18.6 Å². The molecule has 0 aromatic heterocycles. The molecule has 1 heterocycles. The first-order valence-corrected chi connectivity index (χ1v) is 10.4. The van der Waals surface area contributed by atoms with Crippen molar-refractivity contribution in [3.8, 4) is 0 Å². The van der Waals surface area contributed by atoms with Gasteiger partial charge in [0, 0.05) is 22.4 Å². The summed E-state index contributed by atoms with van der Waals surface area (Å²) in [6.45, 7) is 5.86. The normalized spacial score (nSPS) is 18.7. The molecule has 1 atom stereocenters. The van der Waals surface area contributed by atoms with E-state index in [1.165, 1.54) is 5.41 Å². The molecule has 140 valence electrons. The second kappa shape index (κ2) is 9.14. The Bertz CT molecular complexity index is 669. The van der Waals surface area contributed by atoms with Gasteiger partial charge in [-0.25, -0.2) is 13.1 Å². The molecule has 0 aliphatic carbocycles. The molecule has 1 fully saturated rings. The van der Waals surface area contributed by atoms with Gasteiger partial charge in [-0.3, -0.25) is 0 Å². The van der Waals surface area contributed by atoms with Gasteiger partial charge in [0.1, 0.15) is 0 Å². The van der Waals surface area contributed by atoms with E-state index in [9.17, 15) is 8.42 Å². The van der Waals surface area contributed by atoms with E-state index >= 15 is 0 Å². The Morgan fingerprint density at radius 2 is 1.92 bits per heavy atom. The Morgan fingerprint density at radius 1 is 1.28 bits per heavy atom. The highest BCUT2D eigenvalue weighted by atomic mass is 35.5. The molecule has 1 aliphatic heterocycles. The molecule has 2 rings (SSSR count). The van der Waals surface area contributed by atoms with Gasteiger partial charge in [0.25, 0.3) is 0 Å². The third-order valence-electron chi connectivity index (χ3n) is 4.54. The van der Waals surface area contributed by atoms with Crippen molar-refractivity contribution >= 4 is 27.7 Å². The Kier molecular flexibility index (Phi) is 7.46. The number of ether oxygens (including phenoxy) is 2. The molecule has 0 radical (unpaired) electrons. The largest absolute Gasteiger partial charge is 0.350 e. The number of rotatable bonds is 9. The minimum atomic E-state index is -3.46. The quantitative estimate of drug-likeness (QED) is 0.654. The van der Waals surface area contributed by atoms with Crippen LogP contribution in [0.3, 0.4) is 0 Å². The third kappa shape index (κ3) is 6.38. The second-order valence-corrected chi connectivity index (χ2v) is 8.57. The zero-order valence-corrected chi connectivity index (χ0v) is 16.3. The van der Waals surface area contributed by atoms with Crippen molar-refractivity contribution in [1.82, 2.24) is 4.72 Å². The molecular weight excluding hydrogens is 362 g/mol. The SMILES string of the molecule is CCC(C)(CCCNS(=O)(=O)/C=C/c1ccc(Cl)cc1)C1OCCO1. The molecule has 1 aromatic rings. The molecule has 0 amide bonds. The fraction of sp³-hybridized carbons (Fsp3) is 0.556. The number of sulfonamides is 1. The zero-order chi connectivity index (χ0) is 18.3. The molecule has 1 aliphatic rings. The molecule has 1 N–H and O–H groups in total.